The van der Waals surface area contributed by atoms with Crippen LogP contribution in [0.4, 0.5) is 42.9 Å². The molecule has 0 spiro atoms. The van der Waals surface area contributed by atoms with E-state index in [1.54, 1.807) is 24.3 Å². The molecule has 0 saturated heterocycles. The maximum absolute atomic E-state index is 18.6. The molecule has 0 amide bonds. The van der Waals surface area contributed by atoms with E-state index in [1.807, 2.05) is 255 Å². The summed E-state index contributed by atoms with van der Waals surface area (Å²) in [5, 5.41) is 3.46. The fourth-order valence-electron chi connectivity index (χ4n) is 13.0. The van der Waals surface area contributed by atoms with Gasteiger partial charge in [-0.3, -0.25) is 0 Å². The summed E-state index contributed by atoms with van der Waals surface area (Å²) in [5.74, 6) is -1.54. The molecule has 0 N–H and O–H groups in total. The molecule has 0 atom stereocenters. The second-order valence-electron chi connectivity index (χ2n) is 22.7. The third kappa shape index (κ3) is 10.3. The van der Waals surface area contributed by atoms with E-state index in [0.717, 1.165) is 44.5 Å². The lowest BCUT2D eigenvalue weighted by atomic mass is 9.89. The largest absolute Gasteiger partial charge is 0.307 e. The Kier molecular flexibility index (Phi) is 11.7. The summed E-state index contributed by atoms with van der Waals surface area (Å²) in [7, 11) is 0. The molecule has 0 bridgehead atoms. The monoisotopic (exact) mass is 1190 g/mol. The number of benzene rings is 16. The normalized spacial score (nSPS) is 12.9. The summed E-state index contributed by atoms with van der Waals surface area (Å²) in [6, 6.07) is 85.7. The Balaban J connectivity index is 0.954. The number of anilines is 6. The fourth-order valence-corrected chi connectivity index (χ4v) is 13.0. The van der Waals surface area contributed by atoms with Crippen molar-refractivity contribution in [3.8, 4) is 89.0 Å². The van der Waals surface area contributed by atoms with Crippen LogP contribution in [0.1, 0.15) is 13.7 Å². The summed E-state index contributed by atoms with van der Waals surface area (Å²) < 4.78 is 130. The predicted octanol–water partition coefficient (Wildman–Crippen LogP) is 25.1. The Morgan fingerprint density at radius 3 is 0.815 bits per heavy atom. The van der Waals surface area contributed by atoms with Gasteiger partial charge in [0.2, 0.25) is 0 Å². The molecule has 16 aromatic carbocycles. The number of nitrogens with zero attached hydrogens (tertiary/aromatic N) is 2. The lowest BCUT2D eigenvalue weighted by Gasteiger charge is -2.30. The first kappa shape index (κ1) is 45.3. The lowest BCUT2D eigenvalue weighted by molar-refractivity contribution is 0.629. The van der Waals surface area contributed by atoms with Crippen molar-refractivity contribution in [2.24, 2.45) is 0 Å². The highest BCUT2D eigenvalue weighted by Gasteiger charge is 2.27. The van der Waals surface area contributed by atoms with E-state index in [9.17, 15) is 5.48 Å². The van der Waals surface area contributed by atoms with E-state index in [0.29, 0.717) is 76.8 Å². The molecule has 16 aromatic rings. The van der Waals surface area contributed by atoms with Crippen LogP contribution in [0.3, 0.4) is 0 Å². The lowest BCUT2D eigenvalue weighted by Crippen LogP contribution is -2.13. The molecule has 92 heavy (non-hydrogen) atoms. The summed E-state index contributed by atoms with van der Waals surface area (Å²) in [5.41, 5.74) is 12.0. The average molecular weight is 1190 g/mol. The van der Waals surface area contributed by atoms with Crippen molar-refractivity contribution in [1.82, 2.24) is 0 Å². The van der Waals surface area contributed by atoms with Crippen molar-refractivity contribution in [1.29, 1.82) is 0 Å². The second-order valence-corrected chi connectivity index (χ2v) is 22.7. The summed E-state index contributed by atoms with van der Waals surface area (Å²) >= 11 is 0. The molecule has 0 aromatic heterocycles. The van der Waals surface area contributed by atoms with Crippen LogP contribution in [0, 0.1) is 11.6 Å². The van der Waals surface area contributed by atoms with Crippen LogP contribution in [0.15, 0.2) is 352 Å². The van der Waals surface area contributed by atoms with Crippen LogP contribution < -0.4 is 9.80 Å². The van der Waals surface area contributed by atoms with Gasteiger partial charge in [0.1, 0.15) is 11.6 Å². The first-order valence-electron chi connectivity index (χ1n) is 35.3. The Morgan fingerprint density at radius 1 is 0.228 bits per heavy atom. The van der Waals surface area contributed by atoms with Gasteiger partial charge in [-0.2, -0.15) is 0 Å². The molecule has 0 heterocycles. The summed E-state index contributed by atoms with van der Waals surface area (Å²) in [6.07, 6.45) is 0. The van der Waals surface area contributed by atoms with Gasteiger partial charge in [0.05, 0.1) is 36.5 Å². The third-order valence-electron chi connectivity index (χ3n) is 17.3. The van der Waals surface area contributed by atoms with Crippen LogP contribution in [-0.2, 0) is 0 Å². The Labute approximate surface area is 548 Å². The SMILES string of the molecule is [2H]c1c([2H])c([2H])c(N(c2cc(-c3cccc(-c4ccccc4)c3)c(-c3cccc(-c4ccccc4)c3)cc2F)c2ccc3ccc4c(N(c5cc(-c6cccc(-c7ccccc7)c6)c(-c6cccc(-c7ccccc7)c6)cc5F)c5c([2H])c([2H])c([2H])c([2H])c5[2H])ccc5ccc2c3c54)c([2H])c1[2H]. The van der Waals surface area contributed by atoms with Gasteiger partial charge >= 0.3 is 0 Å². The van der Waals surface area contributed by atoms with E-state index in [1.165, 1.54) is 21.9 Å². The van der Waals surface area contributed by atoms with Gasteiger partial charge in [-0.25, -0.2) is 8.78 Å². The second kappa shape index (κ2) is 23.8. The van der Waals surface area contributed by atoms with E-state index >= 15 is 8.78 Å². The molecule has 2 nitrogen and oxygen atoms in total. The highest BCUT2D eigenvalue weighted by molar-refractivity contribution is 6.28. The van der Waals surface area contributed by atoms with Crippen molar-refractivity contribution in [2.75, 3.05) is 9.80 Å². The molecule has 0 aliphatic rings. The molecular formula is C88H58F2N2. The van der Waals surface area contributed by atoms with E-state index in [2.05, 4.69) is 0 Å². The topological polar surface area (TPSA) is 6.48 Å². The molecule has 0 aliphatic carbocycles. The minimum atomic E-state index is -0.768. The zero-order chi connectivity index (χ0) is 70.2. The van der Waals surface area contributed by atoms with Crippen LogP contribution in [0.2, 0.25) is 0 Å². The molecule has 434 valence electrons. The zero-order valence-corrected chi connectivity index (χ0v) is 49.4. The molecular weight excluding hydrogens is 1120 g/mol. The van der Waals surface area contributed by atoms with Crippen molar-refractivity contribution in [2.45, 2.75) is 0 Å². The van der Waals surface area contributed by atoms with Gasteiger partial charge in [-0.15, -0.1) is 0 Å². The Bertz CT molecular complexity index is 5570. The number of para-hydroxylation sites is 2. The molecule has 4 heteroatoms. The maximum atomic E-state index is 18.6. The molecule has 16 rings (SSSR count). The smallest absolute Gasteiger partial charge is 0.147 e. The van der Waals surface area contributed by atoms with Gasteiger partial charge in [0.15, 0.2) is 0 Å². The molecule has 0 unspecified atom stereocenters. The van der Waals surface area contributed by atoms with Gasteiger partial charge in [0.25, 0.3) is 0 Å². The number of rotatable bonds is 14. The standard InChI is InChI=1S/C88H58F2N2/c89-81-55-77(69-35-19-31-65(51-69)59-23-7-1-8-24-59)79(71-37-21-33-67(53-71)61-27-11-3-12-28-61)57-85(81)91(73-39-15-5-16-40-73)83-49-45-63-44-48-76-84(50-46-64-43-47-75(83)87(63)88(64)76)92(74-41-17-6-18-42-74)86-58-80(72-38-22-34-68(54-72)62-29-13-4-14-30-62)78(56-82(86)90)70-36-20-32-66(52-70)60-25-9-2-10-26-60/h1-58H/i5D,6D,15D,16D,17D,18D,39D,40D,41D,42D. The third-order valence-corrected chi connectivity index (χ3v) is 17.3. The predicted molar refractivity (Wildman–Crippen MR) is 383 cm³/mol. The van der Waals surface area contributed by atoms with Crippen molar-refractivity contribution in [3.63, 3.8) is 0 Å². The van der Waals surface area contributed by atoms with Gasteiger partial charge < -0.3 is 9.80 Å². The first-order chi connectivity index (χ1) is 49.6. The van der Waals surface area contributed by atoms with E-state index in [4.69, 9.17) is 8.22 Å². The van der Waals surface area contributed by atoms with Crippen molar-refractivity contribution >= 4 is 66.4 Å². The number of hydrogen-bond acceptors (Lipinski definition) is 2. The maximum Gasteiger partial charge on any atom is 0.147 e. The Hall–Kier alpha value is -12.0. The summed E-state index contributed by atoms with van der Waals surface area (Å²) in [4.78, 5) is 2.83. The number of halogens is 2. The van der Waals surface area contributed by atoms with Crippen molar-refractivity contribution < 1.29 is 22.5 Å². The first-order valence-corrected chi connectivity index (χ1v) is 30.3. The highest BCUT2D eigenvalue weighted by Crippen LogP contribution is 2.51. The Morgan fingerprint density at radius 2 is 0.500 bits per heavy atom. The van der Waals surface area contributed by atoms with Crippen LogP contribution in [0.25, 0.3) is 121 Å². The average Bonchev–Trinajstić information content (AvgIpc) is 0.712. The molecule has 0 saturated carbocycles. The highest BCUT2D eigenvalue weighted by atomic mass is 19.1. The van der Waals surface area contributed by atoms with Crippen LogP contribution in [-0.4, -0.2) is 0 Å². The molecule has 0 fully saturated rings. The summed E-state index contributed by atoms with van der Waals surface area (Å²) in [6.45, 7) is 0. The quantitative estimate of drug-likeness (QED) is 0.100. The van der Waals surface area contributed by atoms with Gasteiger partial charge in [0, 0.05) is 22.1 Å². The minimum absolute atomic E-state index is 0.129. The number of hydrogen-bond donors (Lipinski definition) is 0. The van der Waals surface area contributed by atoms with Gasteiger partial charge in [-0.05, 0) is 195 Å². The van der Waals surface area contributed by atoms with Crippen LogP contribution in [0.5, 0.6) is 0 Å². The van der Waals surface area contributed by atoms with E-state index in [-0.39, 0.29) is 34.1 Å². The zero-order valence-electron chi connectivity index (χ0n) is 59.4. The fraction of sp³-hybridized carbons (Fsp3) is 0. The van der Waals surface area contributed by atoms with E-state index < -0.39 is 72.1 Å². The van der Waals surface area contributed by atoms with Gasteiger partial charge in [-0.1, -0.05) is 267 Å². The van der Waals surface area contributed by atoms with Crippen molar-refractivity contribution in [3.05, 3.63) is 363 Å². The molecule has 0 aliphatic heterocycles. The van der Waals surface area contributed by atoms with Crippen LogP contribution >= 0.6 is 0 Å². The molecule has 0 radical (unpaired) electrons. The minimum Gasteiger partial charge on any atom is -0.307 e.